The fraction of sp³-hybridized carbons (Fsp3) is 0.111. The molecule has 0 radical (unpaired) electrons. The molecule has 1 unspecified atom stereocenters. The van der Waals surface area contributed by atoms with Gasteiger partial charge in [-0.2, -0.15) is 0 Å². The van der Waals surface area contributed by atoms with Gasteiger partial charge in [0.2, 0.25) is 0 Å². The average Bonchev–Trinajstić information content (AvgIpc) is 2.77. The van der Waals surface area contributed by atoms with Gasteiger partial charge in [-0.25, -0.2) is 0 Å². The summed E-state index contributed by atoms with van der Waals surface area (Å²) >= 11 is 6.19. The molecule has 0 nitrogen and oxygen atoms in total. The molecule has 2 aliphatic rings. The van der Waals surface area contributed by atoms with E-state index in [-0.39, 0.29) is 0 Å². The zero-order valence-electron chi connectivity index (χ0n) is 10.7. The molecule has 1 heteroatoms. The predicted molar refractivity (Wildman–Crippen MR) is 82.3 cm³/mol. The van der Waals surface area contributed by atoms with Crippen LogP contribution in [0.2, 0.25) is 0 Å². The van der Waals surface area contributed by atoms with Gasteiger partial charge in [0.1, 0.15) is 0 Å². The Morgan fingerprint density at radius 2 is 1.84 bits per heavy atom. The molecule has 0 aliphatic heterocycles. The summed E-state index contributed by atoms with van der Waals surface area (Å²) in [5.74, 6) is 0.371. The van der Waals surface area contributed by atoms with Crippen LogP contribution in [0, 0.1) is 5.92 Å². The molecule has 2 aromatic rings. The van der Waals surface area contributed by atoms with E-state index in [1.54, 1.807) is 0 Å². The molecule has 0 amide bonds. The molecule has 0 saturated heterocycles. The average molecular weight is 265 g/mol. The van der Waals surface area contributed by atoms with Gasteiger partial charge in [-0.1, -0.05) is 61.0 Å². The monoisotopic (exact) mass is 264 g/mol. The molecule has 19 heavy (non-hydrogen) atoms. The van der Waals surface area contributed by atoms with Crippen LogP contribution in [0.3, 0.4) is 0 Å². The lowest BCUT2D eigenvalue weighted by atomic mass is 9.89. The van der Waals surface area contributed by atoms with Crippen molar-refractivity contribution in [2.75, 3.05) is 0 Å². The van der Waals surface area contributed by atoms with Crippen LogP contribution >= 0.6 is 11.6 Å². The maximum absolute atomic E-state index is 6.19. The van der Waals surface area contributed by atoms with Crippen LogP contribution in [0.1, 0.15) is 6.92 Å². The number of fused-ring (bicyclic) bond motifs is 4. The molecule has 0 N–H and O–H groups in total. The zero-order valence-corrected chi connectivity index (χ0v) is 11.4. The summed E-state index contributed by atoms with van der Waals surface area (Å²) < 4.78 is 0. The van der Waals surface area contributed by atoms with Crippen LogP contribution in [-0.4, -0.2) is 0 Å². The van der Waals surface area contributed by atoms with Crippen molar-refractivity contribution in [1.29, 1.82) is 0 Å². The summed E-state index contributed by atoms with van der Waals surface area (Å²) in [5.41, 5.74) is 2.68. The normalized spacial score (nSPS) is 20.5. The molecule has 0 aromatic heterocycles. The Morgan fingerprint density at radius 1 is 1.00 bits per heavy atom. The Morgan fingerprint density at radius 3 is 2.74 bits per heavy atom. The second-order valence-electron chi connectivity index (χ2n) is 5.25. The third-order valence-electron chi connectivity index (χ3n) is 4.01. The minimum atomic E-state index is 0.371. The minimum Gasteiger partial charge on any atom is -0.0846 e. The van der Waals surface area contributed by atoms with E-state index in [1.807, 2.05) is 0 Å². The molecule has 1 atom stereocenters. The molecule has 0 saturated carbocycles. The first kappa shape index (κ1) is 11.1. The molecule has 0 fully saturated rings. The highest BCUT2D eigenvalue weighted by Gasteiger charge is 2.21. The van der Waals surface area contributed by atoms with Crippen molar-refractivity contribution in [3.63, 3.8) is 0 Å². The Hall–Kier alpha value is -1.79. The van der Waals surface area contributed by atoms with E-state index in [9.17, 15) is 0 Å². The van der Waals surface area contributed by atoms with Crippen LogP contribution in [0.25, 0.3) is 22.4 Å². The predicted octanol–water partition coefficient (Wildman–Crippen LogP) is 3.48. The van der Waals surface area contributed by atoms with Gasteiger partial charge in [-0.3, -0.25) is 0 Å². The quantitative estimate of drug-likeness (QED) is 0.683. The van der Waals surface area contributed by atoms with E-state index in [2.05, 4.69) is 61.5 Å². The van der Waals surface area contributed by atoms with Crippen LogP contribution in [0.5, 0.6) is 0 Å². The van der Waals surface area contributed by atoms with E-state index >= 15 is 0 Å². The van der Waals surface area contributed by atoms with Crippen molar-refractivity contribution < 1.29 is 0 Å². The lowest BCUT2D eigenvalue weighted by Crippen LogP contribution is -2.25. The fourth-order valence-corrected chi connectivity index (χ4v) is 3.53. The number of halogens is 1. The molecular weight excluding hydrogens is 252 g/mol. The van der Waals surface area contributed by atoms with Crippen LogP contribution in [-0.2, 0) is 0 Å². The summed E-state index contributed by atoms with van der Waals surface area (Å²) in [6.45, 7) is 2.22. The summed E-state index contributed by atoms with van der Waals surface area (Å²) in [5, 5.41) is 6.19. The first-order valence-electron chi connectivity index (χ1n) is 6.57. The van der Waals surface area contributed by atoms with E-state index in [1.165, 1.54) is 32.4 Å². The Labute approximate surface area is 117 Å². The van der Waals surface area contributed by atoms with Crippen LogP contribution in [0.15, 0.2) is 59.2 Å². The van der Waals surface area contributed by atoms with Gasteiger partial charge >= 0.3 is 0 Å². The summed E-state index contributed by atoms with van der Waals surface area (Å²) in [6, 6.07) is 13.0. The second-order valence-corrected chi connectivity index (χ2v) is 5.69. The van der Waals surface area contributed by atoms with Crippen molar-refractivity contribution >= 4 is 34.0 Å². The smallest absolute Gasteiger partial charge is 0.0378 e. The first-order chi connectivity index (χ1) is 9.24. The molecule has 0 bridgehead atoms. The topological polar surface area (TPSA) is 0 Å². The van der Waals surface area contributed by atoms with Gasteiger partial charge in [0, 0.05) is 11.0 Å². The standard InChI is InChI=1S/C18H13Cl/c1-11-8-15(19)10-14-9-13-7-6-12-4-2-3-5-16(12)18(13)17(11)14/h2-11H,1H3. The highest BCUT2D eigenvalue weighted by atomic mass is 35.5. The number of hydrogen-bond acceptors (Lipinski definition) is 0. The second kappa shape index (κ2) is 3.85. The highest BCUT2D eigenvalue weighted by molar-refractivity contribution is 6.32. The minimum absolute atomic E-state index is 0.371. The van der Waals surface area contributed by atoms with Gasteiger partial charge in [0.05, 0.1) is 0 Å². The number of rotatable bonds is 0. The maximum atomic E-state index is 6.19. The van der Waals surface area contributed by atoms with Gasteiger partial charge in [-0.05, 0) is 44.5 Å². The first-order valence-corrected chi connectivity index (χ1v) is 6.95. The SMILES string of the molecule is CC1C=C(Cl)C=C2C=c3ccc4ccccc4c3=C21. The molecule has 2 aromatic carbocycles. The molecule has 92 valence electrons. The fourth-order valence-electron chi connectivity index (χ4n) is 3.23. The molecule has 2 aliphatic carbocycles. The van der Waals surface area contributed by atoms with Gasteiger partial charge in [-0.15, -0.1) is 0 Å². The van der Waals surface area contributed by atoms with Gasteiger partial charge in [0.25, 0.3) is 0 Å². The van der Waals surface area contributed by atoms with Crippen molar-refractivity contribution in [3.05, 3.63) is 69.6 Å². The zero-order chi connectivity index (χ0) is 13.0. The maximum Gasteiger partial charge on any atom is 0.0378 e. The van der Waals surface area contributed by atoms with E-state index in [4.69, 9.17) is 11.6 Å². The Balaban J connectivity index is 2.23. The van der Waals surface area contributed by atoms with Crippen molar-refractivity contribution in [2.45, 2.75) is 6.92 Å². The lowest BCUT2D eigenvalue weighted by Gasteiger charge is -2.16. The highest BCUT2D eigenvalue weighted by Crippen LogP contribution is 2.33. The van der Waals surface area contributed by atoms with Crippen molar-refractivity contribution in [1.82, 2.24) is 0 Å². The summed E-state index contributed by atoms with van der Waals surface area (Å²) in [4.78, 5) is 0. The molecule has 4 rings (SSSR count). The van der Waals surface area contributed by atoms with E-state index in [0.29, 0.717) is 5.92 Å². The third-order valence-corrected chi connectivity index (χ3v) is 4.25. The summed E-state index contributed by atoms with van der Waals surface area (Å²) in [6.07, 6.45) is 6.46. The summed E-state index contributed by atoms with van der Waals surface area (Å²) in [7, 11) is 0. The largest absolute Gasteiger partial charge is 0.0846 e. The number of allylic oxidation sites excluding steroid dienone is 4. The van der Waals surface area contributed by atoms with E-state index in [0.717, 1.165) is 5.03 Å². The van der Waals surface area contributed by atoms with Crippen LogP contribution in [0.4, 0.5) is 0 Å². The Bertz CT molecular complexity index is 882. The molecular formula is C18H13Cl. The van der Waals surface area contributed by atoms with Gasteiger partial charge in [0.15, 0.2) is 0 Å². The van der Waals surface area contributed by atoms with Gasteiger partial charge < -0.3 is 0 Å². The third kappa shape index (κ3) is 1.53. The van der Waals surface area contributed by atoms with Crippen molar-refractivity contribution in [3.8, 4) is 0 Å². The Kier molecular flexibility index (Phi) is 2.24. The van der Waals surface area contributed by atoms with E-state index < -0.39 is 0 Å². The molecule has 0 heterocycles. The van der Waals surface area contributed by atoms with Crippen LogP contribution < -0.4 is 10.4 Å². The lowest BCUT2D eigenvalue weighted by molar-refractivity contribution is 0.951. The number of benzene rings is 2. The van der Waals surface area contributed by atoms with Crippen molar-refractivity contribution in [2.24, 2.45) is 5.92 Å². The molecule has 0 spiro atoms. The number of hydrogen-bond donors (Lipinski definition) is 0.